The van der Waals surface area contributed by atoms with Crippen molar-refractivity contribution >= 4 is 43.4 Å². The van der Waals surface area contributed by atoms with E-state index in [1.165, 1.54) is 21.7 Å². The number of H-pyrrole nitrogens is 1. The Hall–Kier alpha value is -3.15. The number of rotatable bonds is 8. The highest BCUT2D eigenvalue weighted by Gasteiger charge is 2.22. The lowest BCUT2D eigenvalue weighted by atomic mass is 10.1. The van der Waals surface area contributed by atoms with E-state index >= 15 is 0 Å². The van der Waals surface area contributed by atoms with Gasteiger partial charge in [-0.2, -0.15) is 4.31 Å². The Morgan fingerprint density at radius 2 is 1.97 bits per heavy atom. The summed E-state index contributed by atoms with van der Waals surface area (Å²) in [7, 11) is -3.58. The minimum Gasteiger partial charge on any atom is -0.345 e. The van der Waals surface area contributed by atoms with Crippen LogP contribution in [0.4, 0.5) is 5.13 Å². The van der Waals surface area contributed by atoms with Gasteiger partial charge < -0.3 is 10.3 Å². The number of hydrogen-bond donors (Lipinski definition) is 2. The molecule has 11 heteroatoms. The zero-order valence-electron chi connectivity index (χ0n) is 17.6. The molecule has 0 aliphatic rings. The maximum Gasteiger partial charge on any atom is 0.243 e. The van der Waals surface area contributed by atoms with Gasteiger partial charge in [0.1, 0.15) is 5.65 Å². The van der Waals surface area contributed by atoms with Gasteiger partial charge in [-0.05, 0) is 29.8 Å². The molecule has 0 saturated carbocycles. The molecule has 9 nitrogen and oxygen atoms in total. The van der Waals surface area contributed by atoms with Crippen molar-refractivity contribution in [3.05, 3.63) is 54.4 Å². The van der Waals surface area contributed by atoms with E-state index in [0.29, 0.717) is 28.8 Å². The van der Waals surface area contributed by atoms with Crippen molar-refractivity contribution in [1.29, 1.82) is 0 Å². The van der Waals surface area contributed by atoms with Crippen molar-refractivity contribution < 1.29 is 13.2 Å². The van der Waals surface area contributed by atoms with Crippen LogP contribution in [0.15, 0.2) is 53.7 Å². The van der Waals surface area contributed by atoms with Crippen LogP contribution < -0.4 is 5.32 Å². The number of benzene rings is 1. The van der Waals surface area contributed by atoms with Gasteiger partial charge in [-0.15, -0.1) is 10.2 Å². The number of fused-ring (bicyclic) bond motifs is 1. The van der Waals surface area contributed by atoms with Crippen LogP contribution in [0, 0.1) is 0 Å². The second kappa shape index (κ2) is 9.15. The third-order valence-electron chi connectivity index (χ3n) is 4.96. The zero-order chi connectivity index (χ0) is 22.7. The lowest BCUT2D eigenvalue weighted by Crippen LogP contribution is -2.30. The predicted octanol–water partition coefficient (Wildman–Crippen LogP) is 3.29. The summed E-state index contributed by atoms with van der Waals surface area (Å²) in [5.74, 6) is -0.300. The molecule has 0 radical (unpaired) electrons. The molecule has 3 heterocycles. The minimum absolute atomic E-state index is 0.0214. The topological polar surface area (TPSA) is 121 Å². The van der Waals surface area contributed by atoms with E-state index in [-0.39, 0.29) is 17.2 Å². The summed E-state index contributed by atoms with van der Waals surface area (Å²) in [4.78, 5) is 20.1. The SMILES string of the molecule is CCN(CC)S(=O)(=O)c1cccc(CC(=O)Nc2nnc(-c3c[nH]c4ncccc34)s2)c1. The smallest absolute Gasteiger partial charge is 0.243 e. The van der Waals surface area contributed by atoms with E-state index < -0.39 is 10.0 Å². The van der Waals surface area contributed by atoms with Gasteiger partial charge in [0, 0.05) is 36.4 Å². The Morgan fingerprint density at radius 1 is 1.16 bits per heavy atom. The highest BCUT2D eigenvalue weighted by atomic mass is 32.2. The van der Waals surface area contributed by atoms with Crippen LogP contribution in [-0.4, -0.2) is 51.9 Å². The van der Waals surface area contributed by atoms with Crippen molar-refractivity contribution in [2.24, 2.45) is 0 Å². The van der Waals surface area contributed by atoms with E-state index in [4.69, 9.17) is 0 Å². The fourth-order valence-corrected chi connectivity index (χ4v) is 5.71. The Labute approximate surface area is 189 Å². The molecular weight excluding hydrogens is 448 g/mol. The van der Waals surface area contributed by atoms with E-state index in [2.05, 4.69) is 25.5 Å². The third-order valence-corrected chi connectivity index (χ3v) is 7.88. The molecule has 0 fully saturated rings. The van der Waals surface area contributed by atoms with Crippen molar-refractivity contribution in [2.75, 3.05) is 18.4 Å². The van der Waals surface area contributed by atoms with Gasteiger partial charge in [-0.25, -0.2) is 13.4 Å². The van der Waals surface area contributed by atoms with Crippen LogP contribution in [0.5, 0.6) is 0 Å². The van der Waals surface area contributed by atoms with Crippen molar-refractivity contribution in [1.82, 2.24) is 24.5 Å². The Kier molecular flexibility index (Phi) is 6.31. The minimum atomic E-state index is -3.58. The maximum absolute atomic E-state index is 12.7. The molecule has 4 rings (SSSR count). The van der Waals surface area contributed by atoms with E-state index in [0.717, 1.165) is 16.6 Å². The zero-order valence-corrected chi connectivity index (χ0v) is 19.2. The van der Waals surface area contributed by atoms with Gasteiger partial charge in [0.05, 0.1) is 11.3 Å². The summed E-state index contributed by atoms with van der Waals surface area (Å²) < 4.78 is 26.9. The molecule has 0 atom stereocenters. The van der Waals surface area contributed by atoms with Gasteiger partial charge in [0.25, 0.3) is 0 Å². The Morgan fingerprint density at radius 3 is 2.75 bits per heavy atom. The van der Waals surface area contributed by atoms with Crippen molar-refractivity contribution in [3.8, 4) is 10.6 Å². The summed E-state index contributed by atoms with van der Waals surface area (Å²) in [6.07, 6.45) is 3.54. The second-order valence-electron chi connectivity index (χ2n) is 6.98. The Balaban J connectivity index is 1.47. The van der Waals surface area contributed by atoms with Crippen molar-refractivity contribution in [2.45, 2.75) is 25.2 Å². The number of sulfonamides is 1. The van der Waals surface area contributed by atoms with E-state index in [1.54, 1.807) is 38.2 Å². The molecule has 3 aromatic heterocycles. The predicted molar refractivity (Wildman–Crippen MR) is 124 cm³/mol. The molecular formula is C21H22N6O3S2. The second-order valence-corrected chi connectivity index (χ2v) is 9.89. The average molecular weight is 471 g/mol. The van der Waals surface area contributed by atoms with Crippen molar-refractivity contribution in [3.63, 3.8) is 0 Å². The van der Waals surface area contributed by atoms with Crippen LogP contribution >= 0.6 is 11.3 Å². The third kappa shape index (κ3) is 4.40. The van der Waals surface area contributed by atoms with Gasteiger partial charge in [0.15, 0.2) is 5.01 Å². The highest BCUT2D eigenvalue weighted by molar-refractivity contribution is 7.89. The number of pyridine rings is 1. The number of carbonyl (C=O) groups excluding carboxylic acids is 1. The molecule has 0 aliphatic heterocycles. The number of aromatic nitrogens is 4. The molecule has 0 unspecified atom stereocenters. The van der Waals surface area contributed by atoms with Gasteiger partial charge >= 0.3 is 0 Å². The molecule has 32 heavy (non-hydrogen) atoms. The summed E-state index contributed by atoms with van der Waals surface area (Å²) in [5.41, 5.74) is 2.21. The molecule has 1 amide bonds. The van der Waals surface area contributed by atoms with Gasteiger partial charge in [-0.1, -0.05) is 37.3 Å². The standard InChI is InChI=1S/C21H22N6O3S2/c1-3-27(4-2)32(29,30)15-8-5-7-14(11-15)12-18(28)24-21-26-25-20(31-21)17-13-23-19-16(17)9-6-10-22-19/h5-11,13H,3-4,12H2,1-2H3,(H,22,23)(H,24,26,28). The molecule has 0 bridgehead atoms. The number of amides is 1. The van der Waals surface area contributed by atoms with Crippen LogP contribution in [0.3, 0.4) is 0 Å². The fourth-order valence-electron chi connectivity index (χ4n) is 3.39. The van der Waals surface area contributed by atoms with Gasteiger partial charge in [0.2, 0.25) is 21.1 Å². The van der Waals surface area contributed by atoms with Crippen LogP contribution in [0.25, 0.3) is 21.6 Å². The normalized spacial score (nSPS) is 11.8. The summed E-state index contributed by atoms with van der Waals surface area (Å²) in [5, 5.41) is 12.9. The number of anilines is 1. The highest BCUT2D eigenvalue weighted by Crippen LogP contribution is 2.31. The molecule has 2 N–H and O–H groups in total. The van der Waals surface area contributed by atoms with E-state index in [9.17, 15) is 13.2 Å². The number of carbonyl (C=O) groups is 1. The molecule has 0 saturated heterocycles. The summed E-state index contributed by atoms with van der Waals surface area (Å²) in [6.45, 7) is 4.35. The molecule has 4 aromatic rings. The first-order chi connectivity index (χ1) is 15.4. The number of aromatic amines is 1. The first-order valence-corrected chi connectivity index (χ1v) is 12.3. The molecule has 0 aliphatic carbocycles. The monoisotopic (exact) mass is 470 g/mol. The lowest BCUT2D eigenvalue weighted by molar-refractivity contribution is -0.115. The maximum atomic E-state index is 12.7. The summed E-state index contributed by atoms with van der Waals surface area (Å²) in [6, 6.07) is 10.2. The molecule has 166 valence electrons. The van der Waals surface area contributed by atoms with Gasteiger partial charge in [-0.3, -0.25) is 4.79 Å². The first-order valence-electron chi connectivity index (χ1n) is 10.1. The molecule has 1 aromatic carbocycles. The van der Waals surface area contributed by atoms with Crippen LogP contribution in [0.1, 0.15) is 19.4 Å². The molecule has 0 spiro atoms. The first kappa shape index (κ1) is 22.1. The lowest BCUT2D eigenvalue weighted by Gasteiger charge is -2.18. The van der Waals surface area contributed by atoms with Crippen LogP contribution in [0.2, 0.25) is 0 Å². The average Bonchev–Trinajstić information content (AvgIpc) is 3.41. The fraction of sp³-hybridized carbons (Fsp3) is 0.238. The summed E-state index contributed by atoms with van der Waals surface area (Å²) >= 11 is 1.26. The quantitative estimate of drug-likeness (QED) is 0.408. The van der Waals surface area contributed by atoms with Crippen LogP contribution in [-0.2, 0) is 21.2 Å². The number of hydrogen-bond acceptors (Lipinski definition) is 7. The number of nitrogens with zero attached hydrogens (tertiary/aromatic N) is 4. The van der Waals surface area contributed by atoms with E-state index in [1.807, 2.05) is 18.3 Å². The largest absolute Gasteiger partial charge is 0.345 e. The number of nitrogens with one attached hydrogen (secondary N) is 2. The Bertz CT molecular complexity index is 1360.